The van der Waals surface area contributed by atoms with Gasteiger partial charge in [0.25, 0.3) is 0 Å². The highest BCUT2D eigenvalue weighted by atomic mass is 35.5. The third kappa shape index (κ3) is 4.35. The van der Waals surface area contributed by atoms with Crippen LogP contribution in [0.25, 0.3) is 0 Å². The van der Waals surface area contributed by atoms with E-state index in [0.29, 0.717) is 23.2 Å². The maximum absolute atomic E-state index is 10.9. The molecule has 1 aliphatic rings. The fourth-order valence-electron chi connectivity index (χ4n) is 2.22. The van der Waals surface area contributed by atoms with Gasteiger partial charge in [-0.25, -0.2) is 0 Å². The number of amides is 1. The van der Waals surface area contributed by atoms with Gasteiger partial charge in [0.15, 0.2) is 0 Å². The summed E-state index contributed by atoms with van der Waals surface area (Å²) >= 11 is 12.2. The molecule has 6 heteroatoms. The Morgan fingerprint density at radius 1 is 1.50 bits per heavy atom. The molecule has 0 saturated carbocycles. The highest BCUT2D eigenvalue weighted by Crippen LogP contribution is 2.26. The Kier molecular flexibility index (Phi) is 5.66. The number of morpholine rings is 1. The van der Waals surface area contributed by atoms with Crippen molar-refractivity contribution in [3.05, 3.63) is 33.8 Å². The van der Waals surface area contributed by atoms with Crippen molar-refractivity contribution in [3.8, 4) is 0 Å². The van der Waals surface area contributed by atoms with E-state index in [1.807, 2.05) is 12.1 Å². The summed E-state index contributed by atoms with van der Waals surface area (Å²) < 4.78 is 5.63. The molecule has 1 N–H and O–H groups in total. The van der Waals surface area contributed by atoms with Gasteiger partial charge >= 0.3 is 0 Å². The van der Waals surface area contributed by atoms with Crippen LogP contribution in [0.4, 0.5) is 0 Å². The maximum Gasteiger partial charge on any atom is 0.216 e. The summed E-state index contributed by atoms with van der Waals surface area (Å²) in [5.41, 5.74) is 1.01. The number of rotatable bonds is 4. The number of hydrogen-bond donors (Lipinski definition) is 1. The van der Waals surface area contributed by atoms with Crippen molar-refractivity contribution in [2.24, 2.45) is 0 Å². The topological polar surface area (TPSA) is 41.6 Å². The van der Waals surface area contributed by atoms with E-state index in [-0.39, 0.29) is 12.0 Å². The van der Waals surface area contributed by atoms with Gasteiger partial charge in [-0.15, -0.1) is 0 Å². The monoisotopic (exact) mass is 316 g/mol. The van der Waals surface area contributed by atoms with Gasteiger partial charge in [-0.2, -0.15) is 0 Å². The molecule has 1 saturated heterocycles. The van der Waals surface area contributed by atoms with Crippen molar-refractivity contribution in [1.29, 1.82) is 0 Å². The average Bonchev–Trinajstić information content (AvgIpc) is 2.42. The van der Waals surface area contributed by atoms with E-state index in [1.54, 1.807) is 6.07 Å². The lowest BCUT2D eigenvalue weighted by atomic mass is 10.2. The van der Waals surface area contributed by atoms with Crippen LogP contribution in [0.5, 0.6) is 0 Å². The lowest BCUT2D eigenvalue weighted by molar-refractivity contribution is -0.120. The normalized spacial score (nSPS) is 19.9. The molecule has 0 spiro atoms. The van der Waals surface area contributed by atoms with Gasteiger partial charge in [0.2, 0.25) is 5.91 Å². The number of carbonyl (C=O) groups excluding carboxylic acids is 1. The van der Waals surface area contributed by atoms with E-state index < -0.39 is 0 Å². The Morgan fingerprint density at radius 2 is 2.30 bits per heavy atom. The van der Waals surface area contributed by atoms with Gasteiger partial charge in [0.1, 0.15) is 0 Å². The van der Waals surface area contributed by atoms with Crippen LogP contribution in [0, 0.1) is 0 Å². The minimum absolute atomic E-state index is 0.0191. The lowest BCUT2D eigenvalue weighted by Crippen LogP contribution is -2.46. The molecule has 1 heterocycles. The highest BCUT2D eigenvalue weighted by molar-refractivity contribution is 6.42. The molecule has 1 fully saturated rings. The van der Waals surface area contributed by atoms with Crippen LogP contribution in [0.2, 0.25) is 10.0 Å². The Labute approximate surface area is 129 Å². The van der Waals surface area contributed by atoms with E-state index in [2.05, 4.69) is 10.2 Å². The molecular weight excluding hydrogens is 299 g/mol. The fraction of sp³-hybridized carbons (Fsp3) is 0.500. The summed E-state index contributed by atoms with van der Waals surface area (Å²) in [6.45, 7) is 5.05. The van der Waals surface area contributed by atoms with Crippen molar-refractivity contribution >= 4 is 29.1 Å². The molecule has 1 aromatic carbocycles. The van der Waals surface area contributed by atoms with Crippen molar-refractivity contribution in [2.75, 3.05) is 26.2 Å². The van der Waals surface area contributed by atoms with Crippen molar-refractivity contribution in [1.82, 2.24) is 10.2 Å². The third-order valence-corrected chi connectivity index (χ3v) is 4.09. The van der Waals surface area contributed by atoms with Crippen LogP contribution >= 0.6 is 23.2 Å². The van der Waals surface area contributed by atoms with E-state index in [9.17, 15) is 4.79 Å². The molecule has 1 aromatic rings. The molecular formula is C14H18Cl2N2O2. The molecule has 1 aliphatic heterocycles. The first kappa shape index (κ1) is 15.6. The van der Waals surface area contributed by atoms with Crippen LogP contribution in [0.15, 0.2) is 18.2 Å². The zero-order valence-corrected chi connectivity index (χ0v) is 12.9. The molecule has 4 nitrogen and oxygen atoms in total. The van der Waals surface area contributed by atoms with Crippen LogP contribution < -0.4 is 5.32 Å². The van der Waals surface area contributed by atoms with Gasteiger partial charge in [-0.3, -0.25) is 9.69 Å². The zero-order valence-electron chi connectivity index (χ0n) is 11.4. The predicted octanol–water partition coefficient (Wildman–Crippen LogP) is 2.33. The van der Waals surface area contributed by atoms with E-state index in [0.717, 1.165) is 25.2 Å². The Balaban J connectivity index is 1.92. The molecule has 2 rings (SSSR count). The van der Waals surface area contributed by atoms with Crippen LogP contribution in [0.3, 0.4) is 0 Å². The van der Waals surface area contributed by atoms with E-state index in [4.69, 9.17) is 27.9 Å². The van der Waals surface area contributed by atoms with Gasteiger partial charge in [0.05, 0.1) is 22.8 Å². The first-order valence-electron chi connectivity index (χ1n) is 6.57. The molecule has 1 atom stereocenters. The van der Waals surface area contributed by atoms with Gasteiger partial charge in [-0.1, -0.05) is 35.3 Å². The summed E-state index contributed by atoms with van der Waals surface area (Å²) in [5.74, 6) is -0.0383. The predicted molar refractivity (Wildman–Crippen MR) is 80.2 cm³/mol. The standard InChI is InChI=1S/C14H18Cl2N2O2/c1-10(19)17-7-12-9-18(5-6-20-12)8-11-3-2-4-13(15)14(11)16/h2-4,12H,5-9H2,1H3,(H,17,19). The Morgan fingerprint density at radius 3 is 3.05 bits per heavy atom. The second-order valence-corrected chi connectivity index (χ2v) is 5.66. The Bertz CT molecular complexity index is 482. The third-order valence-electron chi connectivity index (χ3n) is 3.23. The van der Waals surface area contributed by atoms with E-state index in [1.165, 1.54) is 6.92 Å². The summed E-state index contributed by atoms with van der Waals surface area (Å²) in [6.07, 6.45) is 0.0191. The number of carbonyl (C=O) groups is 1. The molecule has 1 amide bonds. The van der Waals surface area contributed by atoms with E-state index >= 15 is 0 Å². The number of nitrogens with one attached hydrogen (secondary N) is 1. The molecule has 110 valence electrons. The second kappa shape index (κ2) is 7.27. The van der Waals surface area contributed by atoms with Crippen molar-refractivity contribution < 1.29 is 9.53 Å². The molecule has 0 aliphatic carbocycles. The quantitative estimate of drug-likeness (QED) is 0.927. The van der Waals surface area contributed by atoms with Crippen LogP contribution in [-0.4, -0.2) is 43.2 Å². The maximum atomic E-state index is 10.9. The number of benzene rings is 1. The van der Waals surface area contributed by atoms with Crippen molar-refractivity contribution in [2.45, 2.75) is 19.6 Å². The first-order valence-corrected chi connectivity index (χ1v) is 7.33. The SMILES string of the molecule is CC(=O)NCC1CN(Cc2cccc(Cl)c2Cl)CCO1. The van der Waals surface area contributed by atoms with Crippen LogP contribution in [-0.2, 0) is 16.1 Å². The zero-order chi connectivity index (χ0) is 14.5. The van der Waals surface area contributed by atoms with Crippen molar-refractivity contribution in [3.63, 3.8) is 0 Å². The summed E-state index contributed by atoms with van der Waals surface area (Å²) in [4.78, 5) is 13.2. The minimum atomic E-state index is -0.0383. The fourth-order valence-corrected chi connectivity index (χ4v) is 2.60. The van der Waals surface area contributed by atoms with Gasteiger partial charge in [-0.05, 0) is 11.6 Å². The summed E-state index contributed by atoms with van der Waals surface area (Å²) in [5, 5.41) is 3.97. The first-order chi connectivity index (χ1) is 9.56. The molecule has 0 radical (unpaired) electrons. The molecule has 1 unspecified atom stereocenters. The highest BCUT2D eigenvalue weighted by Gasteiger charge is 2.21. The lowest BCUT2D eigenvalue weighted by Gasteiger charge is -2.33. The summed E-state index contributed by atoms with van der Waals surface area (Å²) in [6, 6.07) is 5.66. The van der Waals surface area contributed by atoms with Gasteiger partial charge in [0, 0.05) is 33.1 Å². The van der Waals surface area contributed by atoms with Gasteiger partial charge < -0.3 is 10.1 Å². The number of halogens is 2. The largest absolute Gasteiger partial charge is 0.374 e. The number of hydrogen-bond acceptors (Lipinski definition) is 3. The summed E-state index contributed by atoms with van der Waals surface area (Å²) in [7, 11) is 0. The smallest absolute Gasteiger partial charge is 0.216 e. The Hall–Kier alpha value is -0.810. The molecule has 0 aromatic heterocycles. The number of ether oxygens (including phenoxy) is 1. The average molecular weight is 317 g/mol. The molecule has 0 bridgehead atoms. The molecule has 20 heavy (non-hydrogen) atoms. The van der Waals surface area contributed by atoms with Crippen LogP contribution in [0.1, 0.15) is 12.5 Å². The second-order valence-electron chi connectivity index (χ2n) is 4.88. The number of nitrogens with zero attached hydrogens (tertiary/aromatic N) is 1. The minimum Gasteiger partial charge on any atom is -0.374 e.